The monoisotopic (exact) mass is 660 g/mol. The Labute approximate surface area is 283 Å². The molecule has 4 rings (SSSR count). The Kier molecular flexibility index (Phi) is 13.5. The van der Waals surface area contributed by atoms with Gasteiger partial charge in [-0.1, -0.05) is 0 Å². The molecular weight excluding hydrogens is 612 g/mol. The first-order valence-electron chi connectivity index (χ1n) is 16.7. The van der Waals surface area contributed by atoms with Crippen molar-refractivity contribution in [3.05, 3.63) is 87.3 Å². The van der Waals surface area contributed by atoms with Gasteiger partial charge in [0.05, 0.1) is 36.9 Å². The van der Waals surface area contributed by atoms with Gasteiger partial charge >= 0.3 is 17.9 Å². The van der Waals surface area contributed by atoms with Crippen LogP contribution in [0.25, 0.3) is 0 Å². The molecule has 12 nitrogen and oxygen atoms in total. The summed E-state index contributed by atoms with van der Waals surface area (Å²) in [6, 6.07) is 11.3. The van der Waals surface area contributed by atoms with E-state index in [9.17, 15) is 14.4 Å². The number of aryl methyl sites for hydroxylation is 3. The molecule has 0 spiro atoms. The van der Waals surface area contributed by atoms with Crippen molar-refractivity contribution < 1.29 is 28.6 Å². The molecule has 258 valence electrons. The first-order valence-corrected chi connectivity index (χ1v) is 16.7. The summed E-state index contributed by atoms with van der Waals surface area (Å²) < 4.78 is 15.6. The third kappa shape index (κ3) is 10.9. The van der Waals surface area contributed by atoms with Crippen LogP contribution in [0.3, 0.4) is 0 Å². The van der Waals surface area contributed by atoms with E-state index in [4.69, 9.17) is 14.2 Å². The van der Waals surface area contributed by atoms with Crippen molar-refractivity contribution >= 4 is 17.9 Å². The fourth-order valence-corrected chi connectivity index (χ4v) is 5.74. The van der Waals surface area contributed by atoms with Gasteiger partial charge in [0.25, 0.3) is 0 Å². The van der Waals surface area contributed by atoms with Gasteiger partial charge in [0.2, 0.25) is 0 Å². The molecule has 0 bridgehead atoms. The molecule has 0 atom stereocenters. The van der Waals surface area contributed by atoms with E-state index in [1.807, 2.05) is 39.0 Å². The standard InChI is InChI=1S/C36H48N6O6/c1-7-46-34(43)31-19-25(4)16-28(37-31)22-40-10-12-41(23-29-17-26(5)20-32(38-29)35(44)47-8-2)14-15-42(13-11-40)24-30-18-27(6)21-33(39-30)36(45)48-9-3/h16-21H,7-15,22-24H2,1-6H3. The van der Waals surface area contributed by atoms with Crippen LogP contribution in [0.1, 0.15) is 86.0 Å². The minimum Gasteiger partial charge on any atom is -0.461 e. The lowest BCUT2D eigenvalue weighted by atomic mass is 10.2. The lowest BCUT2D eigenvalue weighted by Crippen LogP contribution is -2.36. The van der Waals surface area contributed by atoms with Gasteiger partial charge in [-0.2, -0.15) is 0 Å². The maximum absolute atomic E-state index is 12.5. The van der Waals surface area contributed by atoms with Crippen molar-refractivity contribution in [2.75, 3.05) is 59.1 Å². The van der Waals surface area contributed by atoms with Gasteiger partial charge in [0.1, 0.15) is 17.1 Å². The van der Waals surface area contributed by atoms with E-state index in [1.165, 1.54) is 0 Å². The summed E-state index contributed by atoms with van der Waals surface area (Å²) >= 11 is 0. The van der Waals surface area contributed by atoms with Gasteiger partial charge in [-0.15, -0.1) is 0 Å². The first kappa shape index (κ1) is 36.6. The smallest absolute Gasteiger partial charge is 0.356 e. The molecule has 3 aromatic rings. The average molecular weight is 661 g/mol. The zero-order chi connectivity index (χ0) is 34.6. The second-order valence-corrected chi connectivity index (χ2v) is 12.1. The molecule has 0 aromatic carbocycles. The molecule has 0 radical (unpaired) electrons. The second kappa shape index (κ2) is 17.8. The third-order valence-electron chi connectivity index (χ3n) is 7.88. The summed E-state index contributed by atoms with van der Waals surface area (Å²) in [4.78, 5) is 58.4. The van der Waals surface area contributed by atoms with Crippen LogP contribution in [0.5, 0.6) is 0 Å². The van der Waals surface area contributed by atoms with Gasteiger partial charge in [-0.25, -0.2) is 29.3 Å². The fraction of sp³-hybridized carbons (Fsp3) is 0.500. The van der Waals surface area contributed by atoms with Crippen LogP contribution in [0.15, 0.2) is 36.4 Å². The maximum Gasteiger partial charge on any atom is 0.356 e. The van der Waals surface area contributed by atoms with Crippen LogP contribution in [0.2, 0.25) is 0 Å². The molecule has 3 aromatic heterocycles. The van der Waals surface area contributed by atoms with Crippen molar-refractivity contribution in [1.29, 1.82) is 0 Å². The Morgan fingerprint density at radius 2 is 0.750 bits per heavy atom. The summed E-state index contributed by atoms with van der Waals surface area (Å²) in [5.41, 5.74) is 6.17. The highest BCUT2D eigenvalue weighted by molar-refractivity contribution is 5.88. The van der Waals surface area contributed by atoms with Crippen LogP contribution in [-0.4, -0.2) is 107 Å². The van der Waals surface area contributed by atoms with Gasteiger partial charge < -0.3 is 14.2 Å². The average Bonchev–Trinajstić information content (AvgIpc) is 3.12. The highest BCUT2D eigenvalue weighted by Crippen LogP contribution is 2.15. The molecule has 0 amide bonds. The number of hydrogen-bond donors (Lipinski definition) is 0. The van der Waals surface area contributed by atoms with Crippen molar-refractivity contribution in [2.24, 2.45) is 0 Å². The van der Waals surface area contributed by atoms with Crippen molar-refractivity contribution in [3.63, 3.8) is 0 Å². The SMILES string of the molecule is CCOC(=O)c1cc(C)cc(CN2CCN(Cc3cc(C)cc(C(=O)OCC)n3)CCN(Cc3cc(C)cc(C(=O)OCC)n3)CC2)n1. The lowest BCUT2D eigenvalue weighted by Gasteiger charge is -2.25. The van der Waals surface area contributed by atoms with Crippen LogP contribution >= 0.6 is 0 Å². The predicted octanol–water partition coefficient (Wildman–Crippen LogP) is 4.15. The molecule has 1 fully saturated rings. The molecule has 1 aliphatic heterocycles. The summed E-state index contributed by atoms with van der Waals surface area (Å²) in [6.07, 6.45) is 0. The quantitative estimate of drug-likeness (QED) is 0.205. The van der Waals surface area contributed by atoms with E-state index in [0.717, 1.165) is 73.0 Å². The molecule has 0 unspecified atom stereocenters. The van der Waals surface area contributed by atoms with Crippen LogP contribution in [-0.2, 0) is 33.8 Å². The third-order valence-corrected chi connectivity index (χ3v) is 7.88. The summed E-state index contributed by atoms with van der Waals surface area (Å²) in [7, 11) is 0. The number of nitrogens with zero attached hydrogens (tertiary/aromatic N) is 6. The Morgan fingerprint density at radius 3 is 0.979 bits per heavy atom. The van der Waals surface area contributed by atoms with E-state index in [2.05, 4.69) is 29.7 Å². The second-order valence-electron chi connectivity index (χ2n) is 12.1. The summed E-state index contributed by atoms with van der Waals surface area (Å²) in [5, 5.41) is 0. The van der Waals surface area contributed by atoms with Gasteiger partial charge in [0.15, 0.2) is 0 Å². The maximum atomic E-state index is 12.5. The zero-order valence-corrected chi connectivity index (χ0v) is 29.1. The molecule has 1 aliphatic rings. The van der Waals surface area contributed by atoms with Crippen LogP contribution < -0.4 is 0 Å². The molecule has 48 heavy (non-hydrogen) atoms. The number of carbonyl (C=O) groups is 3. The van der Waals surface area contributed by atoms with Gasteiger partial charge in [-0.3, -0.25) is 14.7 Å². The fourth-order valence-electron chi connectivity index (χ4n) is 5.74. The van der Waals surface area contributed by atoms with Gasteiger partial charge in [0, 0.05) is 58.9 Å². The Bertz CT molecular complexity index is 1380. The van der Waals surface area contributed by atoms with E-state index in [1.54, 1.807) is 39.0 Å². The molecule has 0 N–H and O–H groups in total. The van der Waals surface area contributed by atoms with Gasteiger partial charge in [-0.05, 0) is 94.6 Å². The molecule has 12 heteroatoms. The summed E-state index contributed by atoms with van der Waals surface area (Å²) in [6.45, 7) is 18.3. The highest BCUT2D eigenvalue weighted by Gasteiger charge is 2.21. The molecule has 0 saturated carbocycles. The number of pyridine rings is 3. The molecular formula is C36H48N6O6. The van der Waals surface area contributed by atoms with E-state index < -0.39 is 17.9 Å². The number of aromatic nitrogens is 3. The van der Waals surface area contributed by atoms with Crippen molar-refractivity contribution in [3.8, 4) is 0 Å². The van der Waals surface area contributed by atoms with Crippen LogP contribution in [0.4, 0.5) is 0 Å². The number of carbonyl (C=O) groups excluding carboxylic acids is 3. The normalized spacial score (nSPS) is 14.9. The Hall–Kier alpha value is -4.26. The van der Waals surface area contributed by atoms with Crippen LogP contribution in [0, 0.1) is 20.8 Å². The number of hydrogen-bond acceptors (Lipinski definition) is 12. The predicted molar refractivity (Wildman–Crippen MR) is 181 cm³/mol. The largest absolute Gasteiger partial charge is 0.461 e. The van der Waals surface area contributed by atoms with E-state index in [-0.39, 0.29) is 19.8 Å². The van der Waals surface area contributed by atoms with E-state index in [0.29, 0.717) is 36.7 Å². The molecule has 1 saturated heterocycles. The molecule has 0 aliphatic carbocycles. The number of rotatable bonds is 12. The zero-order valence-electron chi connectivity index (χ0n) is 29.1. The minimum absolute atomic E-state index is 0.287. The first-order chi connectivity index (χ1) is 23.1. The summed E-state index contributed by atoms with van der Waals surface area (Å²) in [5.74, 6) is -1.28. The minimum atomic E-state index is -0.426. The topological polar surface area (TPSA) is 127 Å². The Morgan fingerprint density at radius 1 is 0.500 bits per heavy atom. The van der Waals surface area contributed by atoms with Crippen molar-refractivity contribution in [1.82, 2.24) is 29.7 Å². The molecule has 4 heterocycles. The highest BCUT2D eigenvalue weighted by atomic mass is 16.5. The van der Waals surface area contributed by atoms with Crippen molar-refractivity contribution in [2.45, 2.75) is 61.2 Å². The number of ether oxygens (including phenoxy) is 3. The lowest BCUT2D eigenvalue weighted by molar-refractivity contribution is 0.0509. The Balaban J connectivity index is 1.59. The van der Waals surface area contributed by atoms with E-state index >= 15 is 0 Å². The number of esters is 3.